The second kappa shape index (κ2) is 6.78. The van der Waals surface area contributed by atoms with E-state index in [1.165, 1.54) is 0 Å². The van der Waals surface area contributed by atoms with Gasteiger partial charge in [0.05, 0.1) is 12.5 Å². The first-order valence-electron chi connectivity index (χ1n) is 6.11. The third-order valence-electron chi connectivity index (χ3n) is 3.13. The molecule has 0 aromatic heterocycles. The topological polar surface area (TPSA) is 41.1 Å². The summed E-state index contributed by atoms with van der Waals surface area (Å²) in [5, 5.41) is 5.46. The van der Waals surface area contributed by atoms with Crippen molar-refractivity contribution >= 4 is 5.91 Å². The molecule has 1 saturated carbocycles. The standard InChI is InChI=1S/C12H19F3N2O/c1-2-6-16-11(18)8-17-10-5-3-4-9(7-10)12(13,14)15/h2,9-10,17H,1,3-8H2,(H,16,18). The highest BCUT2D eigenvalue weighted by Crippen LogP contribution is 2.37. The maximum atomic E-state index is 12.6. The Labute approximate surface area is 105 Å². The van der Waals surface area contributed by atoms with E-state index in [-0.39, 0.29) is 31.3 Å². The SMILES string of the molecule is C=CCNC(=O)CNC1CCCC(C(F)(F)F)C1. The molecule has 18 heavy (non-hydrogen) atoms. The van der Waals surface area contributed by atoms with Crippen LogP contribution in [0.15, 0.2) is 12.7 Å². The lowest BCUT2D eigenvalue weighted by Gasteiger charge is -2.31. The fourth-order valence-electron chi connectivity index (χ4n) is 2.16. The molecule has 2 unspecified atom stereocenters. The summed E-state index contributed by atoms with van der Waals surface area (Å²) in [6, 6.07) is -0.222. The molecule has 0 heterocycles. The highest BCUT2D eigenvalue weighted by Gasteiger charge is 2.42. The van der Waals surface area contributed by atoms with Crippen molar-refractivity contribution in [2.24, 2.45) is 5.92 Å². The number of hydrogen-bond acceptors (Lipinski definition) is 2. The largest absolute Gasteiger partial charge is 0.391 e. The van der Waals surface area contributed by atoms with E-state index in [9.17, 15) is 18.0 Å². The summed E-state index contributed by atoms with van der Waals surface area (Å²) < 4.78 is 37.7. The summed E-state index contributed by atoms with van der Waals surface area (Å²) in [4.78, 5) is 11.3. The normalized spacial score (nSPS) is 24.6. The zero-order valence-corrected chi connectivity index (χ0v) is 10.2. The number of carbonyl (C=O) groups is 1. The second-order valence-electron chi connectivity index (χ2n) is 4.58. The lowest BCUT2D eigenvalue weighted by molar-refractivity contribution is -0.183. The smallest absolute Gasteiger partial charge is 0.352 e. The molecule has 0 aromatic rings. The van der Waals surface area contributed by atoms with Crippen LogP contribution < -0.4 is 10.6 Å². The zero-order valence-electron chi connectivity index (χ0n) is 10.2. The summed E-state index contributed by atoms with van der Waals surface area (Å²) in [6.07, 6.45) is -1.05. The average Bonchev–Trinajstić information content (AvgIpc) is 2.33. The van der Waals surface area contributed by atoms with Gasteiger partial charge < -0.3 is 10.6 Å². The molecule has 1 fully saturated rings. The third-order valence-corrected chi connectivity index (χ3v) is 3.13. The summed E-state index contributed by atoms with van der Waals surface area (Å²) in [5.74, 6) is -1.45. The molecule has 0 radical (unpaired) electrons. The molecule has 1 aliphatic carbocycles. The van der Waals surface area contributed by atoms with Gasteiger partial charge in [-0.15, -0.1) is 6.58 Å². The molecule has 1 aliphatic rings. The van der Waals surface area contributed by atoms with Crippen LogP contribution in [-0.2, 0) is 4.79 Å². The van der Waals surface area contributed by atoms with Crippen LogP contribution in [0.4, 0.5) is 13.2 Å². The number of hydrogen-bond donors (Lipinski definition) is 2. The Balaban J connectivity index is 2.30. The van der Waals surface area contributed by atoms with Gasteiger partial charge >= 0.3 is 6.18 Å². The van der Waals surface area contributed by atoms with Gasteiger partial charge in [-0.2, -0.15) is 13.2 Å². The van der Waals surface area contributed by atoms with Gasteiger partial charge in [0.1, 0.15) is 0 Å². The summed E-state index contributed by atoms with van der Waals surface area (Å²) >= 11 is 0. The van der Waals surface area contributed by atoms with E-state index in [4.69, 9.17) is 0 Å². The predicted octanol–water partition coefficient (Wildman–Crippen LogP) is 2.00. The van der Waals surface area contributed by atoms with E-state index in [2.05, 4.69) is 17.2 Å². The first-order chi connectivity index (χ1) is 8.43. The zero-order chi connectivity index (χ0) is 13.6. The van der Waals surface area contributed by atoms with E-state index in [1.54, 1.807) is 6.08 Å². The number of amides is 1. The van der Waals surface area contributed by atoms with Gasteiger partial charge in [-0.3, -0.25) is 4.79 Å². The molecule has 0 saturated heterocycles. The molecule has 0 aromatic carbocycles. The molecular formula is C12H19F3N2O. The molecule has 1 rings (SSSR count). The van der Waals surface area contributed by atoms with Gasteiger partial charge in [-0.25, -0.2) is 0 Å². The number of nitrogens with one attached hydrogen (secondary N) is 2. The van der Waals surface area contributed by atoms with Crippen LogP contribution >= 0.6 is 0 Å². The Morgan fingerprint density at radius 2 is 2.11 bits per heavy atom. The average molecular weight is 264 g/mol. The van der Waals surface area contributed by atoms with Crippen molar-refractivity contribution in [2.75, 3.05) is 13.1 Å². The molecule has 0 spiro atoms. The number of halogens is 3. The summed E-state index contributed by atoms with van der Waals surface area (Å²) in [7, 11) is 0. The van der Waals surface area contributed by atoms with Crippen molar-refractivity contribution in [2.45, 2.75) is 37.9 Å². The Morgan fingerprint density at radius 1 is 1.39 bits per heavy atom. The van der Waals surface area contributed by atoms with E-state index < -0.39 is 12.1 Å². The highest BCUT2D eigenvalue weighted by molar-refractivity contribution is 5.78. The Hall–Kier alpha value is -1.04. The van der Waals surface area contributed by atoms with Gasteiger partial charge in [-0.05, 0) is 19.3 Å². The van der Waals surface area contributed by atoms with Crippen molar-refractivity contribution in [1.82, 2.24) is 10.6 Å². The Kier molecular flexibility index (Phi) is 5.65. The molecule has 3 nitrogen and oxygen atoms in total. The van der Waals surface area contributed by atoms with Crippen molar-refractivity contribution in [1.29, 1.82) is 0 Å². The van der Waals surface area contributed by atoms with Gasteiger partial charge in [-0.1, -0.05) is 12.5 Å². The molecule has 104 valence electrons. The van der Waals surface area contributed by atoms with E-state index in [0.717, 1.165) is 0 Å². The number of carbonyl (C=O) groups excluding carboxylic acids is 1. The molecular weight excluding hydrogens is 245 g/mol. The molecule has 2 atom stereocenters. The minimum atomic E-state index is -4.12. The lowest BCUT2D eigenvalue weighted by Crippen LogP contribution is -2.43. The Bertz CT molecular complexity index is 292. The first-order valence-corrected chi connectivity index (χ1v) is 6.11. The van der Waals surface area contributed by atoms with Gasteiger partial charge in [0.15, 0.2) is 0 Å². The third kappa shape index (κ3) is 5.08. The minimum Gasteiger partial charge on any atom is -0.352 e. The minimum absolute atomic E-state index is 0.0586. The van der Waals surface area contributed by atoms with E-state index >= 15 is 0 Å². The maximum absolute atomic E-state index is 12.6. The molecule has 0 aliphatic heterocycles. The monoisotopic (exact) mass is 264 g/mol. The van der Waals surface area contributed by atoms with Crippen molar-refractivity contribution in [3.05, 3.63) is 12.7 Å². The number of alkyl halides is 3. The van der Waals surface area contributed by atoms with Crippen molar-refractivity contribution in [3.8, 4) is 0 Å². The van der Waals surface area contributed by atoms with Crippen LogP contribution in [0.25, 0.3) is 0 Å². The Morgan fingerprint density at radius 3 is 2.72 bits per heavy atom. The van der Waals surface area contributed by atoms with E-state index in [0.29, 0.717) is 19.4 Å². The van der Waals surface area contributed by atoms with Crippen molar-refractivity contribution < 1.29 is 18.0 Å². The number of rotatable bonds is 5. The van der Waals surface area contributed by atoms with E-state index in [1.807, 2.05) is 0 Å². The van der Waals surface area contributed by atoms with Crippen LogP contribution in [0.3, 0.4) is 0 Å². The molecule has 0 bridgehead atoms. The second-order valence-corrected chi connectivity index (χ2v) is 4.58. The molecule has 2 N–H and O–H groups in total. The maximum Gasteiger partial charge on any atom is 0.391 e. The predicted molar refractivity (Wildman–Crippen MR) is 63.0 cm³/mol. The first kappa shape index (κ1) is 15.0. The fraction of sp³-hybridized carbons (Fsp3) is 0.750. The van der Waals surface area contributed by atoms with Gasteiger partial charge in [0, 0.05) is 12.6 Å². The fourth-order valence-corrected chi connectivity index (χ4v) is 2.16. The van der Waals surface area contributed by atoms with Crippen LogP contribution in [0.2, 0.25) is 0 Å². The van der Waals surface area contributed by atoms with Crippen LogP contribution in [0, 0.1) is 5.92 Å². The van der Waals surface area contributed by atoms with Crippen LogP contribution in [0.5, 0.6) is 0 Å². The molecule has 1 amide bonds. The highest BCUT2D eigenvalue weighted by atomic mass is 19.4. The summed E-state index contributed by atoms with van der Waals surface area (Å²) in [5.41, 5.74) is 0. The quantitative estimate of drug-likeness (QED) is 0.746. The molecule has 6 heteroatoms. The van der Waals surface area contributed by atoms with Crippen LogP contribution in [0.1, 0.15) is 25.7 Å². The van der Waals surface area contributed by atoms with Gasteiger partial charge in [0.2, 0.25) is 5.91 Å². The van der Waals surface area contributed by atoms with Crippen molar-refractivity contribution in [3.63, 3.8) is 0 Å². The summed E-state index contributed by atoms with van der Waals surface area (Å²) in [6.45, 7) is 3.89. The van der Waals surface area contributed by atoms with Gasteiger partial charge in [0.25, 0.3) is 0 Å². The lowest BCUT2D eigenvalue weighted by atomic mass is 9.85. The van der Waals surface area contributed by atoms with Crippen LogP contribution in [-0.4, -0.2) is 31.2 Å².